The molecule has 0 aliphatic carbocycles. The van der Waals surface area contributed by atoms with E-state index in [1.54, 1.807) is 110 Å². The third-order valence-corrected chi connectivity index (χ3v) is 14.6. The van der Waals surface area contributed by atoms with E-state index in [1.807, 2.05) is 6.07 Å². The summed E-state index contributed by atoms with van der Waals surface area (Å²) < 4.78 is 324. The maximum atomic E-state index is 10.6. The maximum Gasteiger partial charge on any atom is 0.269 e. The van der Waals surface area contributed by atoms with Crippen LogP contribution < -0.4 is 9.30 Å². The van der Waals surface area contributed by atoms with E-state index in [9.17, 15) is 19.2 Å². The zero-order valence-electron chi connectivity index (χ0n) is 80.7. The molecule has 0 saturated heterocycles. The standard InChI is InChI=1S/C83H62N4O/c1-56-43-81(84-54-76(56)61-33-18-9-19-34-61)87-77-38-21-20-37-72(77)73-42-41-71(53-80(73)87)88-70-36-24-35-69(52-70)85-55-86(79-40-23-22-39-78(79)85)82-74(66-46-62(57-25-10-5-11-26-57)44-63(47-66)58-27-12-6-13-28-58)50-68(83(2,3)4)51-75(82)67-48-64(59-29-14-7-15-30-59)45-65(49-67)60-31-16-8-17-32-60/h5-54H,1-4H3/i1D3,5D,6D,7D,8D,9D,10D,11D,12D,13D,14D,15D,16D,17D,18D,19D,25D,26D,27D,28D,29D,30D,31D,32D,33D,34D,44D,45D,46D,47D,48D,49D. The first-order chi connectivity index (χ1) is 57.3. The van der Waals surface area contributed by atoms with Gasteiger partial charge in [-0.3, -0.25) is 13.7 Å². The number of ether oxygens (including phenoxy) is 1. The van der Waals surface area contributed by atoms with Crippen molar-refractivity contribution in [1.82, 2.24) is 14.1 Å². The highest BCUT2D eigenvalue weighted by Gasteiger charge is 2.26. The third-order valence-electron chi connectivity index (χ3n) is 14.6. The lowest BCUT2D eigenvalue weighted by Crippen LogP contribution is -2.32. The van der Waals surface area contributed by atoms with Crippen LogP contribution in [0.5, 0.6) is 11.5 Å². The minimum Gasteiger partial charge on any atom is -0.458 e. The van der Waals surface area contributed by atoms with Crippen LogP contribution in [-0.2, 0) is 5.41 Å². The fourth-order valence-electron chi connectivity index (χ4n) is 10.5. The number of aromatic nitrogens is 4. The molecule has 3 aromatic heterocycles. The second-order valence-electron chi connectivity index (χ2n) is 21.1. The summed E-state index contributed by atoms with van der Waals surface area (Å²) in [7, 11) is 0. The van der Waals surface area contributed by atoms with E-state index in [1.165, 1.54) is 27.3 Å². The fourth-order valence-corrected chi connectivity index (χ4v) is 10.5. The van der Waals surface area contributed by atoms with E-state index in [4.69, 9.17) is 37.1 Å². The number of aryl methyl sites for hydroxylation is 1. The van der Waals surface area contributed by atoms with Gasteiger partial charge in [-0.1, -0.05) is 232 Å². The van der Waals surface area contributed by atoms with Crippen molar-refractivity contribution >= 4 is 32.8 Å². The van der Waals surface area contributed by atoms with Gasteiger partial charge in [-0.2, -0.15) is 0 Å². The monoisotopic (exact) mass is 1160 g/mol. The smallest absolute Gasteiger partial charge is 0.269 e. The Morgan fingerprint density at radius 3 is 1.48 bits per heavy atom. The summed E-state index contributed by atoms with van der Waals surface area (Å²) in [5, 5.41) is 1.33. The molecule has 15 aromatic rings. The van der Waals surface area contributed by atoms with Crippen LogP contribution in [0.25, 0.3) is 128 Å². The number of para-hydroxylation sites is 3. The van der Waals surface area contributed by atoms with Gasteiger partial charge in [0.2, 0.25) is 0 Å². The Morgan fingerprint density at radius 1 is 0.443 bits per heavy atom. The summed E-state index contributed by atoms with van der Waals surface area (Å²) in [5.74, 6) is 0.399. The van der Waals surface area contributed by atoms with Gasteiger partial charge in [-0.15, -0.1) is 0 Å². The Kier molecular flexibility index (Phi) is 7.21. The second kappa shape index (κ2) is 22.4. The molecule has 420 valence electrons. The number of nitrogens with zero attached hydrogens (tertiary/aromatic N) is 4. The van der Waals surface area contributed by atoms with Crippen LogP contribution in [0.2, 0.25) is 0 Å². The highest BCUT2D eigenvalue weighted by Crippen LogP contribution is 2.44. The number of fused-ring (bicyclic) bond motifs is 4. The molecule has 15 rings (SSSR count). The largest absolute Gasteiger partial charge is 0.458 e. The Bertz CT molecular complexity index is 6600. The number of imidazole rings is 1. The molecule has 0 aliphatic heterocycles. The van der Waals surface area contributed by atoms with E-state index in [2.05, 4.69) is 6.33 Å². The first-order valence-electron chi connectivity index (χ1n) is 44.4. The lowest BCUT2D eigenvalue weighted by Gasteiger charge is -2.26. The van der Waals surface area contributed by atoms with Crippen LogP contribution >= 0.6 is 0 Å². The van der Waals surface area contributed by atoms with Gasteiger partial charge in [0.25, 0.3) is 6.33 Å². The molecule has 0 N–H and O–H groups in total. The summed E-state index contributed by atoms with van der Waals surface area (Å²) in [6.45, 7) is 2.15. The van der Waals surface area contributed by atoms with Crippen molar-refractivity contribution in [2.24, 2.45) is 0 Å². The summed E-state index contributed by atoms with van der Waals surface area (Å²) >= 11 is 0. The topological polar surface area (TPSA) is 35.9 Å². The highest BCUT2D eigenvalue weighted by molar-refractivity contribution is 6.09. The molecule has 0 spiro atoms. The molecule has 88 heavy (non-hydrogen) atoms. The molecule has 5 heteroatoms. The maximum absolute atomic E-state index is 10.6. The van der Waals surface area contributed by atoms with E-state index in [0.29, 0.717) is 21.8 Å². The van der Waals surface area contributed by atoms with Crippen LogP contribution in [0.15, 0.2) is 303 Å². The van der Waals surface area contributed by atoms with Crippen molar-refractivity contribution in [2.75, 3.05) is 0 Å². The lowest BCUT2D eigenvalue weighted by atomic mass is 9.81. The van der Waals surface area contributed by atoms with Crippen LogP contribution in [-0.4, -0.2) is 14.1 Å². The molecule has 0 atom stereocenters. The van der Waals surface area contributed by atoms with Gasteiger partial charge in [0.05, 0.1) is 75.9 Å². The third kappa shape index (κ3) is 10.1. The average molecular weight is 1170 g/mol. The molecule has 0 bridgehead atoms. The van der Waals surface area contributed by atoms with Gasteiger partial charge in [-0.05, 0) is 174 Å². The van der Waals surface area contributed by atoms with E-state index in [-0.39, 0.29) is 62.0 Å². The number of pyridine rings is 1. The molecule has 3 heterocycles. The van der Waals surface area contributed by atoms with Crippen LogP contribution in [0.1, 0.15) is 78.5 Å². The predicted octanol–water partition coefficient (Wildman–Crippen LogP) is 21.3. The van der Waals surface area contributed by atoms with Crippen LogP contribution in [0, 0.1) is 13.2 Å². The zero-order chi connectivity index (χ0) is 88.8. The molecule has 0 aliphatic rings. The van der Waals surface area contributed by atoms with Crippen molar-refractivity contribution < 1.29 is 55.9 Å². The van der Waals surface area contributed by atoms with E-state index in [0.717, 1.165) is 6.20 Å². The average Bonchev–Trinajstić information content (AvgIpc) is 1.08. The number of hydrogen-bond acceptors (Lipinski definition) is 2. The Balaban J connectivity index is 1.05. The number of hydrogen-bond donors (Lipinski definition) is 0. The number of benzene rings is 12. The van der Waals surface area contributed by atoms with Gasteiger partial charge >= 0.3 is 0 Å². The van der Waals surface area contributed by atoms with Crippen molar-refractivity contribution in [1.29, 1.82) is 0 Å². The first-order valence-corrected chi connectivity index (χ1v) is 27.4. The lowest BCUT2D eigenvalue weighted by molar-refractivity contribution is -0.571. The molecular formula is C83H62N4O. The molecule has 0 radical (unpaired) electrons. The van der Waals surface area contributed by atoms with Gasteiger partial charge in [0, 0.05) is 32.7 Å². The van der Waals surface area contributed by atoms with Gasteiger partial charge in [0.15, 0.2) is 0 Å². The Labute approximate surface area is 561 Å². The van der Waals surface area contributed by atoms with E-state index < -0.39 is 266 Å². The molecule has 0 saturated carbocycles. The number of rotatable bonds is 12. The summed E-state index contributed by atoms with van der Waals surface area (Å²) in [5.41, 5.74) is -9.65. The van der Waals surface area contributed by atoms with E-state index >= 15 is 0 Å². The van der Waals surface area contributed by atoms with Crippen molar-refractivity contribution in [3.05, 3.63) is 320 Å². The summed E-state index contributed by atoms with van der Waals surface area (Å²) in [6, 6.07) is 0.733. The minimum atomic E-state index is -2.93. The van der Waals surface area contributed by atoms with Crippen molar-refractivity contribution in [2.45, 2.75) is 33.0 Å². The van der Waals surface area contributed by atoms with Crippen molar-refractivity contribution in [3.8, 4) is 107 Å². The minimum absolute atomic E-state index is 0.0609. The summed E-state index contributed by atoms with van der Waals surface area (Å²) in [6.07, 6.45) is 4.53. The van der Waals surface area contributed by atoms with Crippen LogP contribution in [0.3, 0.4) is 0 Å². The molecule has 0 fully saturated rings. The van der Waals surface area contributed by atoms with Crippen molar-refractivity contribution in [3.63, 3.8) is 0 Å². The molecule has 5 nitrogen and oxygen atoms in total. The molecule has 0 amide bonds. The van der Waals surface area contributed by atoms with Gasteiger partial charge < -0.3 is 4.74 Å². The van der Waals surface area contributed by atoms with Crippen LogP contribution in [0.4, 0.5) is 0 Å². The second-order valence-corrected chi connectivity index (χ2v) is 21.1. The fraction of sp³-hybridized carbons (Fsp3) is 0.0602. The highest BCUT2D eigenvalue weighted by atomic mass is 16.5. The summed E-state index contributed by atoms with van der Waals surface area (Å²) in [4.78, 5) is 4.70. The SMILES string of the molecule is [2H]c1c([2H])c([2H])c(-c2cnc(-n3c4ccccc4c4ccc(Oc5cccc(-n6[c-][n+](-c7c(-c8c([2H])c(-c9c([2H])c([2H])c([2H])c([2H])c9[2H])c([2H])c(-c9c([2H])c([2H])c([2H])c([2H])c9[2H])c8[2H])cc(C(C)(C)C)cc7-c7c([2H])c(-c8c([2H])c([2H])c([2H])c([2H])c8[2H])c([2H])c(-c8c([2H])c([2H])c([2H])c([2H])c8[2H])c7[2H])c7ccccc76)c5)cc43)cc2C([2H])([2H])[2H])c([2H])c1[2H]. The Hall–Kier alpha value is -11.1. The van der Waals surface area contributed by atoms with Gasteiger partial charge in [-0.25, -0.2) is 4.98 Å². The normalized spacial score (nSPS) is 17.2. The first kappa shape index (κ1) is 28.4. The quantitative estimate of drug-likeness (QED) is 0.0903. The molecule has 12 aromatic carbocycles. The molecule has 0 unspecified atom stereocenters. The molecular weight excluding hydrogens is 1070 g/mol. The van der Waals surface area contributed by atoms with Gasteiger partial charge in [0.1, 0.15) is 17.3 Å². The zero-order valence-corrected chi connectivity index (χ0v) is 46.7. The Morgan fingerprint density at radius 2 is 0.932 bits per heavy atom. The predicted molar refractivity (Wildman–Crippen MR) is 364 cm³/mol.